The van der Waals surface area contributed by atoms with E-state index >= 15 is 0 Å². The van der Waals surface area contributed by atoms with E-state index in [0.29, 0.717) is 5.75 Å². The zero-order chi connectivity index (χ0) is 16.6. The molecule has 23 heavy (non-hydrogen) atoms. The van der Waals surface area contributed by atoms with Crippen LogP contribution in [0.1, 0.15) is 35.2 Å². The summed E-state index contributed by atoms with van der Waals surface area (Å²) in [6, 6.07) is 12.2. The number of para-hydroxylation sites is 1. The molecule has 1 unspecified atom stereocenters. The second kappa shape index (κ2) is 6.07. The van der Waals surface area contributed by atoms with Gasteiger partial charge >= 0.3 is 0 Å². The molecule has 120 valence electrons. The van der Waals surface area contributed by atoms with Gasteiger partial charge in [-0.15, -0.1) is 0 Å². The number of phenols is 1. The van der Waals surface area contributed by atoms with E-state index in [-0.39, 0.29) is 6.04 Å². The first kappa shape index (κ1) is 15.6. The van der Waals surface area contributed by atoms with Crippen LogP contribution in [0.4, 0.5) is 5.69 Å². The van der Waals surface area contributed by atoms with E-state index in [2.05, 4.69) is 55.6 Å². The number of benzene rings is 2. The number of anilines is 1. The highest BCUT2D eigenvalue weighted by molar-refractivity contribution is 5.81. The standard InChI is InChI=1S/C20H24N2O/c1-14-11-15(2)20(16(3)12-14)22-10-9-21(13-22)17(4)18-7-5-6-8-19(18)23/h5-8,11-13,17H,9-10H2,1-4H3/p+1. The molecule has 0 amide bonds. The van der Waals surface area contributed by atoms with Crippen molar-refractivity contribution in [3.63, 3.8) is 0 Å². The molecule has 2 aromatic carbocycles. The number of nitrogens with zero attached hydrogens (tertiary/aromatic N) is 2. The molecule has 3 rings (SSSR count). The van der Waals surface area contributed by atoms with Gasteiger partial charge in [-0.2, -0.15) is 0 Å². The van der Waals surface area contributed by atoms with Crippen LogP contribution in [0.15, 0.2) is 36.4 Å². The Morgan fingerprint density at radius 3 is 2.39 bits per heavy atom. The summed E-state index contributed by atoms with van der Waals surface area (Å²) in [7, 11) is 0. The monoisotopic (exact) mass is 309 g/mol. The third-order valence-corrected chi connectivity index (χ3v) is 4.69. The SMILES string of the molecule is Cc1cc(C)c(N2C=[N+](C(C)c3ccccc3O)CC2)c(C)c1. The molecule has 1 aliphatic rings. The quantitative estimate of drug-likeness (QED) is 0.869. The molecule has 1 heterocycles. The Labute approximate surface area is 138 Å². The minimum absolute atomic E-state index is 0.160. The van der Waals surface area contributed by atoms with Crippen LogP contribution in [-0.4, -0.2) is 29.1 Å². The van der Waals surface area contributed by atoms with Gasteiger partial charge in [0.05, 0.1) is 0 Å². The lowest BCUT2D eigenvalue weighted by Gasteiger charge is -2.14. The van der Waals surface area contributed by atoms with Crippen LogP contribution in [0.25, 0.3) is 0 Å². The first-order valence-electron chi connectivity index (χ1n) is 8.20. The number of phenolic OH excluding ortho intramolecular Hbond substituents is 1. The molecule has 0 radical (unpaired) electrons. The predicted octanol–water partition coefficient (Wildman–Crippen LogP) is 3.94. The van der Waals surface area contributed by atoms with E-state index in [0.717, 1.165) is 18.7 Å². The van der Waals surface area contributed by atoms with Crippen molar-refractivity contribution in [1.82, 2.24) is 0 Å². The zero-order valence-corrected chi connectivity index (χ0v) is 14.4. The van der Waals surface area contributed by atoms with Gasteiger partial charge in [-0.3, -0.25) is 4.58 Å². The van der Waals surface area contributed by atoms with Crippen molar-refractivity contribution < 1.29 is 9.68 Å². The minimum Gasteiger partial charge on any atom is -0.508 e. The van der Waals surface area contributed by atoms with E-state index in [9.17, 15) is 5.11 Å². The normalized spacial score (nSPS) is 15.7. The fraction of sp³-hybridized carbons (Fsp3) is 0.350. The number of rotatable bonds is 3. The molecule has 0 aliphatic carbocycles. The van der Waals surface area contributed by atoms with E-state index < -0.39 is 0 Å². The Morgan fingerprint density at radius 1 is 1.09 bits per heavy atom. The van der Waals surface area contributed by atoms with E-state index in [4.69, 9.17) is 0 Å². The molecule has 0 saturated heterocycles. The lowest BCUT2D eigenvalue weighted by molar-refractivity contribution is -0.555. The second-order valence-corrected chi connectivity index (χ2v) is 6.53. The van der Waals surface area contributed by atoms with Crippen LogP contribution in [0.2, 0.25) is 0 Å². The predicted molar refractivity (Wildman–Crippen MR) is 95.7 cm³/mol. The maximum atomic E-state index is 10.1. The minimum atomic E-state index is 0.160. The number of aryl methyl sites for hydroxylation is 3. The molecule has 1 atom stereocenters. The van der Waals surface area contributed by atoms with Crippen molar-refractivity contribution in [3.8, 4) is 5.75 Å². The van der Waals surface area contributed by atoms with Crippen LogP contribution in [-0.2, 0) is 0 Å². The number of hydrogen-bond acceptors (Lipinski definition) is 2. The third kappa shape index (κ3) is 2.96. The van der Waals surface area contributed by atoms with Crippen LogP contribution in [0, 0.1) is 20.8 Å². The lowest BCUT2D eigenvalue weighted by atomic mass is 10.0. The van der Waals surface area contributed by atoms with Gasteiger partial charge in [0.1, 0.15) is 30.6 Å². The molecular weight excluding hydrogens is 284 g/mol. The molecular formula is C20H25N2O+. The molecule has 3 nitrogen and oxygen atoms in total. The Morgan fingerprint density at radius 2 is 1.74 bits per heavy atom. The lowest BCUT2D eigenvalue weighted by Crippen LogP contribution is -2.20. The Balaban J connectivity index is 1.91. The van der Waals surface area contributed by atoms with Crippen molar-refractivity contribution in [2.24, 2.45) is 0 Å². The highest BCUT2D eigenvalue weighted by atomic mass is 16.3. The van der Waals surface area contributed by atoms with Crippen molar-refractivity contribution in [2.45, 2.75) is 33.7 Å². The average molecular weight is 309 g/mol. The summed E-state index contributed by atoms with van der Waals surface area (Å²) in [5, 5.41) is 10.1. The van der Waals surface area contributed by atoms with Gasteiger partial charge in [0.15, 0.2) is 0 Å². The molecule has 0 bridgehead atoms. The highest BCUT2D eigenvalue weighted by Crippen LogP contribution is 2.30. The zero-order valence-electron chi connectivity index (χ0n) is 14.4. The van der Waals surface area contributed by atoms with Crippen molar-refractivity contribution in [2.75, 3.05) is 18.0 Å². The molecule has 0 aromatic heterocycles. The number of aromatic hydroxyl groups is 1. The van der Waals surface area contributed by atoms with Gasteiger partial charge < -0.3 is 5.11 Å². The molecule has 2 aromatic rings. The molecule has 0 saturated carbocycles. The summed E-state index contributed by atoms with van der Waals surface area (Å²) >= 11 is 0. The van der Waals surface area contributed by atoms with Gasteiger partial charge in [0, 0.05) is 5.56 Å². The smallest absolute Gasteiger partial charge is 0.240 e. The maximum absolute atomic E-state index is 10.1. The summed E-state index contributed by atoms with van der Waals surface area (Å²) in [5.74, 6) is 0.370. The first-order chi connectivity index (χ1) is 11.0. The summed E-state index contributed by atoms with van der Waals surface area (Å²) in [6.07, 6.45) is 2.20. The van der Waals surface area contributed by atoms with Gasteiger partial charge in [0.25, 0.3) is 0 Å². The van der Waals surface area contributed by atoms with Gasteiger partial charge in [-0.25, -0.2) is 4.90 Å². The first-order valence-corrected chi connectivity index (χ1v) is 8.20. The van der Waals surface area contributed by atoms with E-state index in [1.54, 1.807) is 6.07 Å². The van der Waals surface area contributed by atoms with Gasteiger partial charge in [-0.05, 0) is 44.9 Å². The largest absolute Gasteiger partial charge is 0.508 e. The third-order valence-electron chi connectivity index (χ3n) is 4.69. The summed E-state index contributed by atoms with van der Waals surface area (Å²) < 4.78 is 2.30. The van der Waals surface area contributed by atoms with Gasteiger partial charge in [0.2, 0.25) is 6.34 Å². The molecule has 1 N–H and O–H groups in total. The molecule has 3 heteroatoms. The topological polar surface area (TPSA) is 26.5 Å². The van der Waals surface area contributed by atoms with Crippen molar-refractivity contribution in [3.05, 3.63) is 58.7 Å². The summed E-state index contributed by atoms with van der Waals surface area (Å²) in [4.78, 5) is 2.33. The van der Waals surface area contributed by atoms with Crippen LogP contribution in [0.3, 0.4) is 0 Å². The van der Waals surface area contributed by atoms with E-state index in [1.165, 1.54) is 22.4 Å². The second-order valence-electron chi connectivity index (χ2n) is 6.53. The van der Waals surface area contributed by atoms with E-state index in [1.807, 2.05) is 18.2 Å². The average Bonchev–Trinajstić information content (AvgIpc) is 2.95. The Kier molecular flexibility index (Phi) is 4.12. The van der Waals surface area contributed by atoms with Gasteiger partial charge in [-0.1, -0.05) is 35.9 Å². The molecule has 0 fully saturated rings. The molecule has 1 aliphatic heterocycles. The van der Waals surface area contributed by atoms with Crippen LogP contribution in [0.5, 0.6) is 5.75 Å². The summed E-state index contributed by atoms with van der Waals surface area (Å²) in [6.45, 7) is 10.6. The van der Waals surface area contributed by atoms with Crippen LogP contribution >= 0.6 is 0 Å². The number of hydrogen-bond donors (Lipinski definition) is 1. The fourth-order valence-electron chi connectivity index (χ4n) is 3.63. The Hall–Kier alpha value is -2.29. The fourth-order valence-corrected chi connectivity index (χ4v) is 3.63. The summed E-state index contributed by atoms with van der Waals surface area (Å²) in [5.41, 5.74) is 6.22. The molecule has 0 spiro atoms. The highest BCUT2D eigenvalue weighted by Gasteiger charge is 2.28. The maximum Gasteiger partial charge on any atom is 0.240 e. The van der Waals surface area contributed by atoms with Crippen molar-refractivity contribution >= 4 is 12.0 Å². The Bertz CT molecular complexity index is 741. The van der Waals surface area contributed by atoms with Crippen LogP contribution < -0.4 is 4.90 Å². The van der Waals surface area contributed by atoms with Crippen molar-refractivity contribution in [1.29, 1.82) is 0 Å².